The molecule has 0 spiro atoms. The number of benzene rings is 1. The third kappa shape index (κ3) is 6.76. The molecule has 5 rings (SSSR count). The number of halogens is 3. The topological polar surface area (TPSA) is 78.2 Å². The van der Waals surface area contributed by atoms with E-state index in [1.165, 1.54) is 5.56 Å². The number of anilines is 1. The van der Waals surface area contributed by atoms with Crippen LogP contribution in [0.25, 0.3) is 22.2 Å². The predicted octanol–water partition coefficient (Wildman–Crippen LogP) is 4.86. The van der Waals surface area contributed by atoms with Crippen molar-refractivity contribution in [2.24, 2.45) is 0 Å². The zero-order valence-corrected chi connectivity index (χ0v) is 22.1. The van der Waals surface area contributed by atoms with E-state index >= 15 is 0 Å². The maximum Gasteiger partial charge on any atom is 0.240 e. The van der Waals surface area contributed by atoms with E-state index in [1.807, 2.05) is 0 Å². The van der Waals surface area contributed by atoms with Gasteiger partial charge >= 0.3 is 0 Å². The second kappa shape index (κ2) is 12.5. The summed E-state index contributed by atoms with van der Waals surface area (Å²) in [5, 5.41) is 17.4. The summed E-state index contributed by atoms with van der Waals surface area (Å²) in [7, 11) is 0. The van der Waals surface area contributed by atoms with Gasteiger partial charge in [-0.25, -0.2) is 13.8 Å². The number of piperazine rings is 1. The van der Waals surface area contributed by atoms with Gasteiger partial charge in [0, 0.05) is 74.6 Å². The highest BCUT2D eigenvalue weighted by Gasteiger charge is 2.24. The molecular weight excluding hydrogens is 498 g/mol. The summed E-state index contributed by atoms with van der Waals surface area (Å²) in [6.45, 7) is 6.86. The van der Waals surface area contributed by atoms with E-state index in [1.54, 1.807) is 13.1 Å². The zero-order valence-electron chi connectivity index (χ0n) is 21.2. The Morgan fingerprint density at radius 3 is 2.49 bits per heavy atom. The van der Waals surface area contributed by atoms with Crippen molar-refractivity contribution in [2.75, 3.05) is 31.5 Å². The van der Waals surface area contributed by atoms with Crippen LogP contribution in [0.1, 0.15) is 50.6 Å². The molecule has 1 saturated carbocycles. The van der Waals surface area contributed by atoms with Crippen molar-refractivity contribution < 1.29 is 13.9 Å². The van der Waals surface area contributed by atoms with Crippen LogP contribution in [-0.4, -0.2) is 69.3 Å². The largest absolute Gasteiger partial charge is 0.393 e. The van der Waals surface area contributed by atoms with Crippen LogP contribution in [0.3, 0.4) is 0 Å². The fourth-order valence-electron chi connectivity index (χ4n) is 5.41. The molecule has 0 bridgehead atoms. The summed E-state index contributed by atoms with van der Waals surface area (Å²) in [4.78, 5) is 11.7. The van der Waals surface area contributed by atoms with E-state index in [0.29, 0.717) is 5.95 Å². The molecule has 0 unspecified atom stereocenters. The second-order valence-corrected chi connectivity index (χ2v) is 10.2. The van der Waals surface area contributed by atoms with Crippen molar-refractivity contribution in [3.8, 4) is 11.1 Å². The van der Waals surface area contributed by atoms with Crippen molar-refractivity contribution in [1.82, 2.24) is 24.8 Å². The van der Waals surface area contributed by atoms with Crippen LogP contribution in [0.5, 0.6) is 0 Å². The minimum Gasteiger partial charge on any atom is -0.393 e. The minimum absolute atomic E-state index is 0. The van der Waals surface area contributed by atoms with Crippen LogP contribution in [0.15, 0.2) is 36.7 Å². The average molecular weight is 535 g/mol. The van der Waals surface area contributed by atoms with Gasteiger partial charge in [0.1, 0.15) is 5.65 Å². The number of aromatic nitrogens is 3. The second-order valence-electron chi connectivity index (χ2n) is 10.2. The molecule has 2 aromatic heterocycles. The maximum absolute atomic E-state index is 12.8. The molecule has 3 aromatic rings. The van der Waals surface area contributed by atoms with Gasteiger partial charge in [0.25, 0.3) is 0 Å². The lowest BCUT2D eigenvalue weighted by Gasteiger charge is -2.27. The van der Waals surface area contributed by atoms with Gasteiger partial charge in [0.15, 0.2) is 0 Å². The molecule has 10 heteroatoms. The van der Waals surface area contributed by atoms with E-state index in [4.69, 9.17) is 4.98 Å². The molecule has 1 saturated heterocycles. The molecule has 7 nitrogen and oxygen atoms in total. The number of alkyl halides is 2. The van der Waals surface area contributed by atoms with E-state index in [0.717, 1.165) is 80.6 Å². The molecular formula is C27H37ClF2N6O. The first-order chi connectivity index (χ1) is 17.5. The van der Waals surface area contributed by atoms with Crippen LogP contribution in [0, 0.1) is 0 Å². The molecule has 2 aliphatic rings. The fraction of sp³-hybridized carbons (Fsp3) is 0.556. The van der Waals surface area contributed by atoms with Gasteiger partial charge < -0.3 is 20.3 Å². The van der Waals surface area contributed by atoms with Gasteiger partial charge in [-0.15, -0.1) is 12.4 Å². The van der Waals surface area contributed by atoms with Gasteiger partial charge in [-0.05, 0) is 43.7 Å². The number of aliphatic hydroxyl groups is 1. The Hall–Kier alpha value is -2.33. The quantitative estimate of drug-likeness (QED) is 0.383. The highest BCUT2D eigenvalue weighted by Crippen LogP contribution is 2.37. The van der Waals surface area contributed by atoms with Crippen molar-refractivity contribution in [3.63, 3.8) is 0 Å². The molecule has 202 valence electrons. The molecule has 1 aliphatic heterocycles. The monoisotopic (exact) mass is 534 g/mol. The minimum atomic E-state index is -2.38. The Balaban J connectivity index is 0.00000320. The Labute approximate surface area is 223 Å². The van der Waals surface area contributed by atoms with Crippen molar-refractivity contribution in [3.05, 3.63) is 42.2 Å². The highest BCUT2D eigenvalue weighted by molar-refractivity contribution is 5.94. The van der Waals surface area contributed by atoms with E-state index in [2.05, 4.69) is 55.5 Å². The molecule has 3 heterocycles. The lowest BCUT2D eigenvalue weighted by Crippen LogP contribution is -2.42. The summed E-state index contributed by atoms with van der Waals surface area (Å²) < 4.78 is 27.8. The smallest absolute Gasteiger partial charge is 0.240 e. The Bertz CT molecular complexity index is 1140. The van der Waals surface area contributed by atoms with E-state index in [9.17, 15) is 13.9 Å². The maximum atomic E-state index is 12.8. The molecule has 3 N–H and O–H groups in total. The van der Waals surface area contributed by atoms with Crippen LogP contribution < -0.4 is 10.6 Å². The first kappa shape index (κ1) is 27.7. The van der Waals surface area contributed by atoms with Crippen LogP contribution in [-0.2, 0) is 6.54 Å². The number of nitrogens with zero attached hydrogens (tertiary/aromatic N) is 4. The number of hydrogen-bond donors (Lipinski definition) is 3. The van der Waals surface area contributed by atoms with Crippen LogP contribution in [0.4, 0.5) is 14.7 Å². The van der Waals surface area contributed by atoms with E-state index in [-0.39, 0.29) is 31.0 Å². The molecule has 1 aliphatic carbocycles. The Morgan fingerprint density at radius 2 is 1.81 bits per heavy atom. The molecule has 0 radical (unpaired) electrons. The predicted molar refractivity (Wildman–Crippen MR) is 146 cm³/mol. The Morgan fingerprint density at radius 1 is 1.11 bits per heavy atom. The van der Waals surface area contributed by atoms with Crippen molar-refractivity contribution in [2.45, 2.75) is 70.2 Å². The third-order valence-corrected chi connectivity index (χ3v) is 7.42. The molecule has 1 atom stereocenters. The third-order valence-electron chi connectivity index (χ3n) is 7.42. The number of rotatable bonds is 8. The summed E-state index contributed by atoms with van der Waals surface area (Å²) in [5.74, 6) is 0.365. The fourth-order valence-corrected chi connectivity index (χ4v) is 5.41. The first-order valence-corrected chi connectivity index (χ1v) is 13.1. The van der Waals surface area contributed by atoms with Crippen molar-refractivity contribution >= 4 is 29.4 Å². The number of fused-ring (bicyclic) bond motifs is 1. The first-order valence-electron chi connectivity index (χ1n) is 13.1. The Kier molecular flexibility index (Phi) is 9.34. The molecule has 2 fully saturated rings. The number of hydrogen-bond acceptors (Lipinski definition) is 6. The highest BCUT2D eigenvalue weighted by atomic mass is 35.5. The van der Waals surface area contributed by atoms with Crippen LogP contribution in [0.2, 0.25) is 0 Å². The summed E-state index contributed by atoms with van der Waals surface area (Å²) in [6.07, 6.45) is 4.36. The standard InChI is InChI=1S/C27H36F2N6O.ClH/c1-18(14-25(28)29)32-27-31-15-23-24(17-35(26(23)33-27)21-6-8-22(36)9-7-21)20-4-2-19(3-5-20)16-34-12-10-30-11-13-34;/h2-5,15,17-18,21-22,25,30,36H,6-14,16H2,1H3,(H,31,32,33);1H/t18-,21-,22-;/m1./s1. The van der Waals surface area contributed by atoms with Gasteiger partial charge in [-0.2, -0.15) is 4.98 Å². The summed E-state index contributed by atoms with van der Waals surface area (Å²) in [6, 6.07) is 8.52. The SMILES string of the molecule is C[C@H](CC(F)F)Nc1ncc2c(-c3ccc(CN4CCNCC4)cc3)cn([C@H]3CC[C@H](O)CC3)c2n1.Cl. The average Bonchev–Trinajstić information content (AvgIpc) is 3.24. The van der Waals surface area contributed by atoms with Gasteiger partial charge in [-0.1, -0.05) is 24.3 Å². The lowest BCUT2D eigenvalue weighted by molar-refractivity contribution is 0.111. The molecule has 0 amide bonds. The van der Waals surface area contributed by atoms with Gasteiger partial charge in [0.2, 0.25) is 12.4 Å². The van der Waals surface area contributed by atoms with Gasteiger partial charge in [0.05, 0.1) is 6.10 Å². The van der Waals surface area contributed by atoms with Gasteiger partial charge in [-0.3, -0.25) is 4.90 Å². The molecule has 37 heavy (non-hydrogen) atoms. The van der Waals surface area contributed by atoms with E-state index < -0.39 is 12.5 Å². The number of aliphatic hydroxyl groups excluding tert-OH is 1. The summed E-state index contributed by atoms with van der Waals surface area (Å²) in [5.41, 5.74) is 4.27. The lowest BCUT2D eigenvalue weighted by atomic mass is 9.93. The summed E-state index contributed by atoms with van der Waals surface area (Å²) >= 11 is 0. The van der Waals surface area contributed by atoms with Crippen LogP contribution >= 0.6 is 12.4 Å². The zero-order chi connectivity index (χ0) is 25.1. The normalized spacial score (nSPS) is 21.6. The van der Waals surface area contributed by atoms with Crippen molar-refractivity contribution in [1.29, 1.82) is 0 Å². The number of nitrogens with one attached hydrogen (secondary N) is 2. The molecule has 1 aromatic carbocycles.